The average molecular weight is 217 g/mol. The highest BCUT2D eigenvalue weighted by atomic mass is 16.5. The van der Waals surface area contributed by atoms with Gasteiger partial charge in [-0.2, -0.15) is 0 Å². The van der Waals surface area contributed by atoms with Gasteiger partial charge in [-0.15, -0.1) is 0 Å². The zero-order chi connectivity index (χ0) is 10.8. The Labute approximate surface area is 97.0 Å². The molecule has 0 radical (unpaired) electrons. The highest BCUT2D eigenvalue weighted by molar-refractivity contribution is 5.40. The second kappa shape index (κ2) is 4.56. The van der Waals surface area contributed by atoms with E-state index in [-0.39, 0.29) is 0 Å². The van der Waals surface area contributed by atoms with E-state index in [0.717, 1.165) is 25.6 Å². The lowest BCUT2D eigenvalue weighted by molar-refractivity contribution is 0.109. The Bertz CT molecular complexity index is 358. The predicted octanol–water partition coefficient (Wildman–Crippen LogP) is 2.09. The molecule has 1 aliphatic heterocycles. The Morgan fingerprint density at radius 1 is 1.25 bits per heavy atom. The predicted molar refractivity (Wildman–Crippen MR) is 64.7 cm³/mol. The molecule has 2 aliphatic rings. The molecule has 2 nitrogen and oxygen atoms in total. The summed E-state index contributed by atoms with van der Waals surface area (Å²) >= 11 is 0. The number of fused-ring (bicyclic) bond motifs is 1. The molecule has 0 saturated carbocycles. The largest absolute Gasteiger partial charge is 0.377 e. The van der Waals surface area contributed by atoms with E-state index in [4.69, 9.17) is 4.74 Å². The maximum Gasteiger partial charge on any atom is 0.0700 e. The van der Waals surface area contributed by atoms with Gasteiger partial charge in [0.05, 0.1) is 6.10 Å². The third-order valence-corrected chi connectivity index (χ3v) is 3.75. The number of hydrogen-bond acceptors (Lipinski definition) is 2. The van der Waals surface area contributed by atoms with Gasteiger partial charge in [0.15, 0.2) is 0 Å². The molecule has 0 amide bonds. The number of ether oxygens (including phenoxy) is 1. The van der Waals surface area contributed by atoms with Crippen LogP contribution in [0.4, 0.5) is 0 Å². The summed E-state index contributed by atoms with van der Waals surface area (Å²) in [4.78, 5) is 0. The normalized spacial score (nSPS) is 27.5. The summed E-state index contributed by atoms with van der Waals surface area (Å²) in [6.07, 6.45) is 4.18. The van der Waals surface area contributed by atoms with Crippen LogP contribution in [0, 0.1) is 0 Å². The van der Waals surface area contributed by atoms with Crippen molar-refractivity contribution in [1.82, 2.24) is 5.32 Å². The van der Waals surface area contributed by atoms with Crippen molar-refractivity contribution in [3.05, 3.63) is 35.4 Å². The van der Waals surface area contributed by atoms with Crippen LogP contribution < -0.4 is 5.32 Å². The molecular weight excluding hydrogens is 198 g/mol. The minimum atomic E-state index is 0.468. The van der Waals surface area contributed by atoms with Crippen molar-refractivity contribution in [2.24, 2.45) is 0 Å². The molecule has 2 unspecified atom stereocenters. The van der Waals surface area contributed by atoms with E-state index in [9.17, 15) is 0 Å². The standard InChI is InChI=1S/C14H19NO/c1-2-6-14-11(4-1)8-12(14)9-15-10-13-5-3-7-16-13/h1-2,4,6,12-13,15H,3,5,7-10H2. The average Bonchev–Trinajstić information content (AvgIpc) is 2.77. The highest BCUT2D eigenvalue weighted by Gasteiger charge is 2.25. The summed E-state index contributed by atoms with van der Waals surface area (Å²) in [5, 5.41) is 3.55. The quantitative estimate of drug-likeness (QED) is 0.834. The lowest BCUT2D eigenvalue weighted by atomic mass is 9.77. The van der Waals surface area contributed by atoms with Gasteiger partial charge in [-0.25, -0.2) is 0 Å². The fraction of sp³-hybridized carbons (Fsp3) is 0.571. The molecule has 1 aliphatic carbocycles. The van der Waals surface area contributed by atoms with Crippen LogP contribution in [0.15, 0.2) is 24.3 Å². The Hall–Kier alpha value is -0.860. The van der Waals surface area contributed by atoms with Gasteiger partial charge in [-0.05, 0) is 30.4 Å². The molecule has 86 valence electrons. The molecule has 0 bridgehead atoms. The molecule has 1 aromatic rings. The smallest absolute Gasteiger partial charge is 0.0700 e. The van der Waals surface area contributed by atoms with Gasteiger partial charge in [0.25, 0.3) is 0 Å². The van der Waals surface area contributed by atoms with E-state index in [1.807, 2.05) is 0 Å². The van der Waals surface area contributed by atoms with Gasteiger partial charge in [0.1, 0.15) is 0 Å². The maximum absolute atomic E-state index is 5.59. The minimum absolute atomic E-state index is 0.468. The summed E-state index contributed by atoms with van der Waals surface area (Å²) in [6, 6.07) is 8.78. The third kappa shape index (κ3) is 2.00. The van der Waals surface area contributed by atoms with Crippen LogP contribution in [0.1, 0.15) is 29.9 Å². The zero-order valence-electron chi connectivity index (χ0n) is 9.61. The first-order chi connectivity index (χ1) is 7.93. The van der Waals surface area contributed by atoms with Crippen LogP contribution >= 0.6 is 0 Å². The molecular formula is C14H19NO. The molecule has 1 heterocycles. The van der Waals surface area contributed by atoms with E-state index < -0.39 is 0 Å². The van der Waals surface area contributed by atoms with E-state index in [1.165, 1.54) is 24.8 Å². The van der Waals surface area contributed by atoms with Gasteiger partial charge >= 0.3 is 0 Å². The van der Waals surface area contributed by atoms with Crippen LogP contribution in [-0.4, -0.2) is 25.8 Å². The monoisotopic (exact) mass is 217 g/mol. The second-order valence-corrected chi connectivity index (χ2v) is 4.89. The summed E-state index contributed by atoms with van der Waals surface area (Å²) < 4.78 is 5.59. The molecule has 0 aromatic heterocycles. The Kier molecular flexibility index (Phi) is 2.94. The van der Waals surface area contributed by atoms with Crippen molar-refractivity contribution >= 4 is 0 Å². The van der Waals surface area contributed by atoms with Crippen LogP contribution in [0.25, 0.3) is 0 Å². The molecule has 3 rings (SSSR count). The van der Waals surface area contributed by atoms with E-state index in [2.05, 4.69) is 29.6 Å². The van der Waals surface area contributed by atoms with Crippen LogP contribution in [0.2, 0.25) is 0 Å². The maximum atomic E-state index is 5.59. The van der Waals surface area contributed by atoms with Gasteiger partial charge in [0, 0.05) is 25.6 Å². The number of hydrogen-bond donors (Lipinski definition) is 1. The van der Waals surface area contributed by atoms with E-state index in [0.29, 0.717) is 6.10 Å². The van der Waals surface area contributed by atoms with Gasteiger partial charge < -0.3 is 10.1 Å². The van der Waals surface area contributed by atoms with Crippen molar-refractivity contribution in [2.75, 3.05) is 19.7 Å². The topological polar surface area (TPSA) is 21.3 Å². The molecule has 2 heteroatoms. The number of nitrogens with one attached hydrogen (secondary N) is 1. The lowest BCUT2D eigenvalue weighted by Gasteiger charge is -2.30. The van der Waals surface area contributed by atoms with Crippen molar-refractivity contribution in [3.8, 4) is 0 Å². The Morgan fingerprint density at radius 2 is 2.19 bits per heavy atom. The molecule has 0 spiro atoms. The van der Waals surface area contributed by atoms with Gasteiger partial charge in [-0.1, -0.05) is 24.3 Å². The summed E-state index contributed by atoms with van der Waals surface area (Å²) in [5.74, 6) is 0.734. The summed E-state index contributed by atoms with van der Waals surface area (Å²) in [7, 11) is 0. The van der Waals surface area contributed by atoms with Crippen LogP contribution in [-0.2, 0) is 11.2 Å². The van der Waals surface area contributed by atoms with Crippen LogP contribution in [0.3, 0.4) is 0 Å². The zero-order valence-corrected chi connectivity index (χ0v) is 9.61. The fourth-order valence-electron chi connectivity index (χ4n) is 2.77. The van der Waals surface area contributed by atoms with Gasteiger partial charge in [0.2, 0.25) is 0 Å². The molecule has 1 aromatic carbocycles. The lowest BCUT2D eigenvalue weighted by Crippen LogP contribution is -2.33. The molecule has 1 fully saturated rings. The minimum Gasteiger partial charge on any atom is -0.377 e. The number of benzene rings is 1. The first kappa shape index (κ1) is 10.3. The fourth-order valence-corrected chi connectivity index (χ4v) is 2.77. The summed E-state index contributed by atoms with van der Waals surface area (Å²) in [5.41, 5.74) is 3.08. The van der Waals surface area contributed by atoms with Crippen molar-refractivity contribution in [2.45, 2.75) is 31.3 Å². The van der Waals surface area contributed by atoms with E-state index in [1.54, 1.807) is 5.56 Å². The highest BCUT2D eigenvalue weighted by Crippen LogP contribution is 2.33. The van der Waals surface area contributed by atoms with E-state index >= 15 is 0 Å². The van der Waals surface area contributed by atoms with Crippen molar-refractivity contribution < 1.29 is 4.74 Å². The van der Waals surface area contributed by atoms with Crippen molar-refractivity contribution in [3.63, 3.8) is 0 Å². The Morgan fingerprint density at radius 3 is 3.00 bits per heavy atom. The first-order valence-electron chi connectivity index (χ1n) is 6.33. The summed E-state index contributed by atoms with van der Waals surface area (Å²) in [6.45, 7) is 3.09. The SMILES string of the molecule is c1ccc2c(c1)CC2CNCC1CCCO1. The molecule has 2 atom stereocenters. The molecule has 16 heavy (non-hydrogen) atoms. The number of rotatable bonds is 4. The third-order valence-electron chi connectivity index (χ3n) is 3.75. The molecule has 1 saturated heterocycles. The first-order valence-corrected chi connectivity index (χ1v) is 6.33. The Balaban J connectivity index is 1.44. The van der Waals surface area contributed by atoms with Gasteiger partial charge in [-0.3, -0.25) is 0 Å². The second-order valence-electron chi connectivity index (χ2n) is 4.89. The van der Waals surface area contributed by atoms with Crippen molar-refractivity contribution in [1.29, 1.82) is 0 Å². The van der Waals surface area contributed by atoms with Crippen LogP contribution in [0.5, 0.6) is 0 Å². The molecule has 1 N–H and O–H groups in total.